The molecule has 0 fully saturated rings. The average Bonchev–Trinajstić information content (AvgIpc) is 2.91. The summed E-state index contributed by atoms with van der Waals surface area (Å²) in [4.78, 5) is 0. The van der Waals surface area contributed by atoms with Crippen molar-refractivity contribution in [1.29, 1.82) is 0 Å². The number of unbranched alkanes of at least 4 members (excludes halogenated alkanes) is 10. The van der Waals surface area contributed by atoms with Gasteiger partial charge in [-0.2, -0.15) is 0 Å². The zero-order valence-corrected chi connectivity index (χ0v) is 23.2. The molecule has 36 heavy (non-hydrogen) atoms. The molecule has 0 aliphatic rings. The third-order valence-corrected chi connectivity index (χ3v) is 7.72. The molecule has 0 aliphatic carbocycles. The Morgan fingerprint density at radius 3 is 0.972 bits per heavy atom. The highest BCUT2D eigenvalue weighted by Gasteiger charge is 2.10. The summed E-state index contributed by atoms with van der Waals surface area (Å²) in [7, 11) is 0. The minimum absolute atomic E-state index is 1.04. The highest BCUT2D eigenvalue weighted by atomic mass is 14.1. The van der Waals surface area contributed by atoms with Crippen LogP contribution in [-0.2, 0) is 25.7 Å². The van der Waals surface area contributed by atoms with Crippen molar-refractivity contribution in [1.82, 2.24) is 0 Å². The first-order valence-electron chi connectivity index (χ1n) is 15.0. The van der Waals surface area contributed by atoms with E-state index in [0.717, 1.165) is 12.8 Å². The Labute approximate surface area is 222 Å². The Morgan fingerprint density at radius 2 is 0.611 bits per heavy atom. The molecule has 0 saturated carbocycles. The maximum atomic E-state index is 2.36. The summed E-state index contributed by atoms with van der Waals surface area (Å²) in [5, 5.41) is 0. The Balaban J connectivity index is 1.63. The molecule has 0 aliphatic heterocycles. The molecule has 0 nitrogen and oxygen atoms in total. The van der Waals surface area contributed by atoms with Gasteiger partial charge in [0.15, 0.2) is 0 Å². The fourth-order valence-corrected chi connectivity index (χ4v) is 5.45. The highest BCUT2D eigenvalue weighted by Crippen LogP contribution is 2.24. The summed E-state index contributed by atoms with van der Waals surface area (Å²) in [5.74, 6) is 0. The van der Waals surface area contributed by atoms with Crippen molar-refractivity contribution in [2.75, 3.05) is 0 Å². The topological polar surface area (TPSA) is 0 Å². The van der Waals surface area contributed by atoms with Gasteiger partial charge < -0.3 is 0 Å². The zero-order valence-electron chi connectivity index (χ0n) is 23.2. The Kier molecular flexibility index (Phi) is 13.5. The lowest BCUT2D eigenvalue weighted by molar-refractivity contribution is 0.606. The highest BCUT2D eigenvalue weighted by molar-refractivity contribution is 5.40. The predicted molar refractivity (Wildman–Crippen MR) is 159 cm³/mol. The normalized spacial score (nSPS) is 11.2. The molecule has 0 amide bonds. The summed E-state index contributed by atoms with van der Waals surface area (Å²) in [6.45, 7) is 4.59. The lowest BCUT2D eigenvalue weighted by Gasteiger charge is -2.15. The number of hydrogen-bond donors (Lipinski definition) is 0. The Bertz CT molecular complexity index is 902. The maximum absolute atomic E-state index is 2.36. The van der Waals surface area contributed by atoms with E-state index in [9.17, 15) is 0 Å². The van der Waals surface area contributed by atoms with Crippen LogP contribution in [0, 0.1) is 0 Å². The molecule has 3 aromatic rings. The van der Waals surface area contributed by atoms with Gasteiger partial charge in [0.1, 0.15) is 0 Å². The van der Waals surface area contributed by atoms with E-state index in [4.69, 9.17) is 0 Å². The molecule has 0 atom stereocenters. The molecule has 194 valence electrons. The van der Waals surface area contributed by atoms with Crippen molar-refractivity contribution in [3.05, 3.63) is 106 Å². The van der Waals surface area contributed by atoms with Gasteiger partial charge in [-0.05, 0) is 71.9 Å². The molecule has 0 unspecified atom stereocenters. The van der Waals surface area contributed by atoms with Gasteiger partial charge in [-0.25, -0.2) is 0 Å². The van der Waals surface area contributed by atoms with Crippen LogP contribution in [0.15, 0.2) is 72.8 Å². The van der Waals surface area contributed by atoms with Crippen molar-refractivity contribution in [3.63, 3.8) is 0 Å². The van der Waals surface area contributed by atoms with Crippen LogP contribution in [-0.4, -0.2) is 0 Å². The number of rotatable bonds is 18. The fourth-order valence-electron chi connectivity index (χ4n) is 5.45. The van der Waals surface area contributed by atoms with Crippen molar-refractivity contribution < 1.29 is 0 Å². The predicted octanol–water partition coefficient (Wildman–Crippen LogP) is 10.7. The van der Waals surface area contributed by atoms with Gasteiger partial charge in [0.2, 0.25) is 0 Å². The van der Waals surface area contributed by atoms with Crippen molar-refractivity contribution in [2.45, 2.75) is 117 Å². The largest absolute Gasteiger partial charge is 0.0654 e. The average molecular weight is 483 g/mol. The minimum Gasteiger partial charge on any atom is -0.0654 e. The lowest BCUT2D eigenvalue weighted by Crippen LogP contribution is -2.02. The van der Waals surface area contributed by atoms with Crippen LogP contribution in [0.1, 0.15) is 124 Å². The molecule has 0 N–H and O–H groups in total. The van der Waals surface area contributed by atoms with E-state index in [1.54, 1.807) is 11.1 Å². The SMILES string of the molecule is CCCCCCCCc1ccccc1Cc1ccccc1Cc1ccccc1CCCCCCCC. The molecular weight excluding hydrogens is 432 g/mol. The molecule has 3 rings (SSSR count). The Morgan fingerprint density at radius 1 is 0.333 bits per heavy atom. The van der Waals surface area contributed by atoms with Crippen LogP contribution >= 0.6 is 0 Å². The van der Waals surface area contributed by atoms with Gasteiger partial charge in [-0.1, -0.05) is 151 Å². The number of benzene rings is 3. The lowest BCUT2D eigenvalue weighted by atomic mass is 9.90. The van der Waals surface area contributed by atoms with Crippen LogP contribution in [0.3, 0.4) is 0 Å². The summed E-state index contributed by atoms with van der Waals surface area (Å²) in [5.41, 5.74) is 9.10. The van der Waals surface area contributed by atoms with Gasteiger partial charge in [0.25, 0.3) is 0 Å². The number of aryl methyl sites for hydroxylation is 2. The maximum Gasteiger partial charge on any atom is -0.00202 e. The first-order chi connectivity index (χ1) is 17.8. The fraction of sp³-hybridized carbons (Fsp3) is 0.500. The quantitative estimate of drug-likeness (QED) is 0.158. The first-order valence-corrected chi connectivity index (χ1v) is 15.0. The first kappa shape index (κ1) is 28.2. The van der Waals surface area contributed by atoms with Crippen LogP contribution in [0.2, 0.25) is 0 Å². The van der Waals surface area contributed by atoms with Crippen molar-refractivity contribution in [3.8, 4) is 0 Å². The van der Waals surface area contributed by atoms with Gasteiger partial charge in [0, 0.05) is 0 Å². The van der Waals surface area contributed by atoms with E-state index in [0.29, 0.717) is 0 Å². The second-order valence-corrected chi connectivity index (χ2v) is 10.7. The molecule has 0 heteroatoms. The van der Waals surface area contributed by atoms with Gasteiger partial charge in [-0.15, -0.1) is 0 Å². The molecule has 3 aromatic carbocycles. The molecular formula is C36H50. The van der Waals surface area contributed by atoms with E-state index in [1.165, 1.54) is 112 Å². The van der Waals surface area contributed by atoms with Crippen LogP contribution in [0.5, 0.6) is 0 Å². The third-order valence-electron chi connectivity index (χ3n) is 7.72. The monoisotopic (exact) mass is 482 g/mol. The summed E-state index contributed by atoms with van der Waals surface area (Å²) < 4.78 is 0. The number of hydrogen-bond acceptors (Lipinski definition) is 0. The third kappa shape index (κ3) is 9.96. The molecule has 0 aromatic heterocycles. The van der Waals surface area contributed by atoms with Gasteiger partial charge >= 0.3 is 0 Å². The van der Waals surface area contributed by atoms with Crippen LogP contribution in [0.25, 0.3) is 0 Å². The van der Waals surface area contributed by atoms with E-state index in [-0.39, 0.29) is 0 Å². The van der Waals surface area contributed by atoms with E-state index < -0.39 is 0 Å². The second-order valence-electron chi connectivity index (χ2n) is 10.7. The van der Waals surface area contributed by atoms with Crippen LogP contribution < -0.4 is 0 Å². The molecule has 0 saturated heterocycles. The van der Waals surface area contributed by atoms with Gasteiger partial charge in [0.05, 0.1) is 0 Å². The minimum atomic E-state index is 1.04. The summed E-state index contributed by atoms with van der Waals surface area (Å²) in [6.07, 6.45) is 20.8. The van der Waals surface area contributed by atoms with E-state index in [2.05, 4.69) is 86.6 Å². The van der Waals surface area contributed by atoms with E-state index >= 15 is 0 Å². The summed E-state index contributed by atoms with van der Waals surface area (Å²) in [6, 6.07) is 27.5. The Hall–Kier alpha value is -2.34. The molecule has 0 bridgehead atoms. The smallest absolute Gasteiger partial charge is 0.00202 e. The molecule has 0 radical (unpaired) electrons. The second kappa shape index (κ2) is 17.2. The summed E-state index contributed by atoms with van der Waals surface area (Å²) >= 11 is 0. The van der Waals surface area contributed by atoms with Crippen LogP contribution in [0.4, 0.5) is 0 Å². The standard InChI is InChI=1S/C36H50/c1-3-5-7-9-11-13-21-31-23-15-17-25-33(31)29-35-27-19-20-28-36(35)30-34-26-18-16-24-32(34)22-14-12-10-8-6-4-2/h15-20,23-28H,3-14,21-22,29-30H2,1-2H3. The van der Waals surface area contributed by atoms with E-state index in [1.807, 2.05) is 0 Å². The van der Waals surface area contributed by atoms with Crippen molar-refractivity contribution >= 4 is 0 Å². The molecule has 0 spiro atoms. The van der Waals surface area contributed by atoms with Gasteiger partial charge in [-0.3, -0.25) is 0 Å². The van der Waals surface area contributed by atoms with Crippen molar-refractivity contribution in [2.24, 2.45) is 0 Å². The zero-order chi connectivity index (χ0) is 25.3. The molecule has 0 heterocycles.